The van der Waals surface area contributed by atoms with Crippen LogP contribution in [0.4, 0.5) is 0 Å². The normalized spacial score (nSPS) is 35.9. The maximum Gasteiger partial charge on any atom is 0.330 e. The predicted molar refractivity (Wildman–Crippen MR) is 175 cm³/mol. The molecule has 0 aliphatic carbocycles. The highest BCUT2D eigenvalue weighted by molar-refractivity contribution is 5.87. The minimum Gasteiger partial charge on any atom is -0.504 e. The van der Waals surface area contributed by atoms with Crippen molar-refractivity contribution in [1.82, 2.24) is 0 Å². The summed E-state index contributed by atoms with van der Waals surface area (Å²) < 4.78 is 40.0. The number of phenols is 4. The zero-order valence-corrected chi connectivity index (χ0v) is 28.4. The average Bonchev–Trinajstić information content (AvgIpc) is 3.15. The highest BCUT2D eigenvalue weighted by Crippen LogP contribution is 2.34. The van der Waals surface area contributed by atoms with Gasteiger partial charge in [-0.3, -0.25) is 0 Å². The number of carbonyl (C=O) groups is 1. The van der Waals surface area contributed by atoms with E-state index in [1.807, 2.05) is 0 Å². The van der Waals surface area contributed by atoms with Crippen LogP contribution in [0.2, 0.25) is 0 Å². The van der Waals surface area contributed by atoms with Crippen LogP contribution in [0.3, 0.4) is 0 Å². The van der Waals surface area contributed by atoms with Gasteiger partial charge in [0.05, 0.1) is 19.8 Å². The summed E-state index contributed by atoms with van der Waals surface area (Å²) in [6.07, 6.45) is -21.8. The molecule has 3 aliphatic heterocycles. The third-order valence-electron chi connectivity index (χ3n) is 9.02. The van der Waals surface area contributed by atoms with Gasteiger partial charge in [0.25, 0.3) is 0 Å². The first-order valence-corrected chi connectivity index (χ1v) is 16.8. The van der Waals surface area contributed by atoms with Gasteiger partial charge in [0.15, 0.2) is 41.9 Å². The number of ether oxygens (including phenoxy) is 7. The minimum absolute atomic E-state index is 0.0892. The molecule has 2 aromatic carbocycles. The van der Waals surface area contributed by atoms with E-state index in [4.69, 9.17) is 33.2 Å². The van der Waals surface area contributed by atoms with E-state index in [1.54, 1.807) is 0 Å². The van der Waals surface area contributed by atoms with Crippen LogP contribution in [0, 0.1) is 0 Å². The highest BCUT2D eigenvalue weighted by Gasteiger charge is 2.54. The fraction of sp³-hybridized carbons (Fsp3) is 0.559. The molecule has 3 heterocycles. The summed E-state index contributed by atoms with van der Waals surface area (Å²) >= 11 is 0. The summed E-state index contributed by atoms with van der Waals surface area (Å²) in [6.45, 7) is -2.20. The molecular weight excluding hydrogens is 728 g/mol. The molecule has 20 nitrogen and oxygen atoms in total. The number of carbonyl (C=O) groups excluding carboxylic acids is 1. The zero-order valence-electron chi connectivity index (χ0n) is 28.4. The van der Waals surface area contributed by atoms with Crippen molar-refractivity contribution in [2.45, 2.75) is 92.4 Å². The van der Waals surface area contributed by atoms with Crippen LogP contribution in [0.15, 0.2) is 42.5 Å². The van der Waals surface area contributed by atoms with Crippen LogP contribution in [0.1, 0.15) is 11.1 Å². The molecule has 3 saturated heterocycles. The van der Waals surface area contributed by atoms with Gasteiger partial charge >= 0.3 is 5.97 Å². The summed E-state index contributed by atoms with van der Waals surface area (Å²) in [5, 5.41) is 123. The van der Waals surface area contributed by atoms with Crippen molar-refractivity contribution in [3.05, 3.63) is 53.6 Å². The molecule has 0 unspecified atom stereocenters. The molecule has 3 aliphatic rings. The maximum absolute atomic E-state index is 12.7. The number of aliphatic hydroxyl groups excluding tert-OH is 8. The minimum atomic E-state index is -1.96. The second-order valence-electron chi connectivity index (χ2n) is 12.8. The smallest absolute Gasteiger partial charge is 0.330 e. The van der Waals surface area contributed by atoms with Gasteiger partial charge in [-0.1, -0.05) is 12.1 Å². The van der Waals surface area contributed by atoms with Crippen molar-refractivity contribution in [3.63, 3.8) is 0 Å². The van der Waals surface area contributed by atoms with Gasteiger partial charge in [0.1, 0.15) is 73.8 Å². The van der Waals surface area contributed by atoms with Crippen LogP contribution in [0.5, 0.6) is 23.0 Å². The van der Waals surface area contributed by atoms with E-state index in [2.05, 4.69) is 0 Å². The number of esters is 1. The zero-order chi connectivity index (χ0) is 39.3. The molecule has 14 atom stereocenters. The monoisotopic (exact) mass is 772 g/mol. The topological polar surface area (TPSA) is 324 Å². The SMILES string of the molecule is O=C(/C=C/c1ccc(O)c(O)c1)OC[C@H]1O[C@@H](OCCc2ccc(O)c(O)c2)[C@H](O[C@@H]2OC[C@H](O)[C@H](O)[C@H]2O)[C@@H](O[C@@H]2O[C@H](CO)[C@@H](O)[C@H](O)[C@H]2O)[C@@H]1O. The number of phenolic OH excluding ortho intramolecular Hbond substituents is 4. The Kier molecular flexibility index (Phi) is 14.0. The summed E-state index contributed by atoms with van der Waals surface area (Å²) in [7, 11) is 0. The lowest BCUT2D eigenvalue weighted by Gasteiger charge is -2.48. The first-order valence-electron chi connectivity index (χ1n) is 16.8. The molecule has 12 N–H and O–H groups in total. The van der Waals surface area contributed by atoms with E-state index in [-0.39, 0.29) is 24.5 Å². The summed E-state index contributed by atoms with van der Waals surface area (Å²) in [5.74, 6) is -2.52. The molecule has 300 valence electrons. The lowest BCUT2D eigenvalue weighted by Crippen LogP contribution is -2.66. The van der Waals surface area contributed by atoms with Gasteiger partial charge in [-0.15, -0.1) is 0 Å². The Hall–Kier alpha value is -3.71. The molecule has 0 aromatic heterocycles. The molecule has 0 saturated carbocycles. The first-order chi connectivity index (χ1) is 25.7. The molecular formula is C34H44O20. The van der Waals surface area contributed by atoms with Crippen LogP contribution >= 0.6 is 0 Å². The van der Waals surface area contributed by atoms with Gasteiger partial charge in [-0.05, 0) is 47.9 Å². The lowest BCUT2D eigenvalue weighted by atomic mass is 9.96. The van der Waals surface area contributed by atoms with Crippen molar-refractivity contribution in [2.24, 2.45) is 0 Å². The molecule has 2 aromatic rings. The number of rotatable bonds is 13. The Bertz CT molecular complexity index is 1570. The fourth-order valence-electron chi connectivity index (χ4n) is 5.89. The number of benzene rings is 2. The summed E-state index contributed by atoms with van der Waals surface area (Å²) in [5.41, 5.74) is 0.819. The number of aliphatic hydroxyl groups is 8. The van der Waals surface area contributed by atoms with E-state index in [9.17, 15) is 66.1 Å². The van der Waals surface area contributed by atoms with E-state index in [0.29, 0.717) is 11.1 Å². The fourth-order valence-corrected chi connectivity index (χ4v) is 5.89. The molecule has 5 rings (SSSR count). The third-order valence-corrected chi connectivity index (χ3v) is 9.02. The molecule has 54 heavy (non-hydrogen) atoms. The molecule has 0 bridgehead atoms. The molecule has 0 amide bonds. The second-order valence-corrected chi connectivity index (χ2v) is 12.8. The lowest BCUT2D eigenvalue weighted by molar-refractivity contribution is -0.386. The Morgan fingerprint density at radius 1 is 0.704 bits per heavy atom. The van der Waals surface area contributed by atoms with Crippen molar-refractivity contribution >= 4 is 12.0 Å². The Morgan fingerprint density at radius 3 is 2.04 bits per heavy atom. The summed E-state index contributed by atoms with van der Waals surface area (Å²) in [6, 6.07) is 7.81. The number of aromatic hydroxyl groups is 4. The van der Waals surface area contributed by atoms with Crippen molar-refractivity contribution in [3.8, 4) is 23.0 Å². The van der Waals surface area contributed by atoms with Crippen molar-refractivity contribution in [1.29, 1.82) is 0 Å². The van der Waals surface area contributed by atoms with Crippen LogP contribution in [-0.4, -0.2) is 180 Å². The molecule has 3 fully saturated rings. The highest BCUT2D eigenvalue weighted by atomic mass is 16.8. The number of hydrogen-bond acceptors (Lipinski definition) is 20. The second kappa shape index (κ2) is 18.3. The Labute approximate surface area is 306 Å². The molecule has 0 radical (unpaired) electrons. The predicted octanol–water partition coefficient (Wildman–Crippen LogP) is -3.58. The van der Waals surface area contributed by atoms with Crippen molar-refractivity contribution in [2.75, 3.05) is 26.4 Å². The van der Waals surface area contributed by atoms with Gasteiger partial charge in [-0.25, -0.2) is 4.79 Å². The number of hydrogen-bond donors (Lipinski definition) is 12. The average molecular weight is 773 g/mol. The van der Waals surface area contributed by atoms with Gasteiger partial charge in [0, 0.05) is 6.08 Å². The maximum atomic E-state index is 12.7. The molecule has 20 heteroatoms. The first kappa shape index (κ1) is 41.5. The van der Waals surface area contributed by atoms with E-state index in [1.165, 1.54) is 42.5 Å². The van der Waals surface area contributed by atoms with Crippen molar-refractivity contribution < 1.29 is 99.2 Å². The van der Waals surface area contributed by atoms with E-state index >= 15 is 0 Å². The molecule has 0 spiro atoms. The standard InChI is InChI=1S/C34H44O20/c35-11-21-25(43)27(45)29(47)33(51-21)53-30-26(44)22(13-49-23(41)6-3-14-1-4-16(36)18(38)9-14)52-34(48-8-7-15-2-5-17(37)19(39)10-15)31(30)54-32-28(46)24(42)20(40)12-50-32/h1-6,9-10,20-22,24-40,42-47H,7-8,11-13H2/b6-3+/t20-,21+,22+,24-,25+,26+,27-,28+,29+,30-,31+,32-,33-,34+/m0/s1. The largest absolute Gasteiger partial charge is 0.504 e. The van der Waals surface area contributed by atoms with Gasteiger partial charge < -0.3 is 94.4 Å². The summed E-state index contributed by atoms with van der Waals surface area (Å²) in [4.78, 5) is 12.7. The van der Waals surface area contributed by atoms with Gasteiger partial charge in [-0.2, -0.15) is 0 Å². The van der Waals surface area contributed by atoms with Crippen LogP contribution in [0.25, 0.3) is 6.08 Å². The van der Waals surface area contributed by atoms with Crippen LogP contribution in [-0.2, 0) is 44.4 Å². The third kappa shape index (κ3) is 9.74. The Balaban J connectivity index is 1.41. The van der Waals surface area contributed by atoms with Gasteiger partial charge in [0.2, 0.25) is 0 Å². The van der Waals surface area contributed by atoms with E-state index in [0.717, 1.165) is 6.08 Å². The van der Waals surface area contributed by atoms with E-state index < -0.39 is 123 Å². The quantitative estimate of drug-likeness (QED) is 0.0532. The van der Waals surface area contributed by atoms with Crippen LogP contribution < -0.4 is 0 Å². The Morgan fingerprint density at radius 2 is 1.35 bits per heavy atom.